The minimum absolute atomic E-state index is 0.286. The van der Waals surface area contributed by atoms with Crippen molar-refractivity contribution in [1.29, 1.82) is 0 Å². The number of aryl methyl sites for hydroxylation is 1. The molecular weight excluding hydrogens is 210 g/mol. The quantitative estimate of drug-likeness (QED) is 0.708. The Kier molecular flexibility index (Phi) is 3.24. The number of hydrogen-bond donors (Lipinski definition) is 0. The first-order chi connectivity index (χ1) is 7.59. The Bertz CT molecular complexity index is 382. The second kappa shape index (κ2) is 4.50. The van der Waals surface area contributed by atoms with E-state index in [1.54, 1.807) is 19.1 Å². The lowest BCUT2D eigenvalue weighted by Gasteiger charge is -2.27. The molecule has 0 bridgehead atoms. The number of rotatable bonds is 1. The van der Waals surface area contributed by atoms with E-state index < -0.39 is 11.6 Å². The van der Waals surface area contributed by atoms with Crippen molar-refractivity contribution in [3.63, 3.8) is 0 Å². The Morgan fingerprint density at radius 1 is 1.19 bits per heavy atom. The van der Waals surface area contributed by atoms with Crippen molar-refractivity contribution in [1.82, 2.24) is 0 Å². The van der Waals surface area contributed by atoms with E-state index in [0.29, 0.717) is 23.7 Å². The molecule has 3 heteroatoms. The van der Waals surface area contributed by atoms with E-state index in [0.717, 1.165) is 12.8 Å². The van der Waals surface area contributed by atoms with Crippen molar-refractivity contribution < 1.29 is 13.5 Å². The fourth-order valence-corrected chi connectivity index (χ4v) is 2.04. The van der Waals surface area contributed by atoms with Gasteiger partial charge < -0.3 is 4.74 Å². The second-order valence-corrected chi connectivity index (χ2v) is 4.60. The Morgan fingerprint density at radius 3 is 2.56 bits per heavy atom. The van der Waals surface area contributed by atoms with Crippen LogP contribution in [0.4, 0.5) is 8.78 Å². The van der Waals surface area contributed by atoms with Crippen LogP contribution in [0.1, 0.15) is 37.0 Å². The van der Waals surface area contributed by atoms with Gasteiger partial charge in [0.1, 0.15) is 0 Å². The molecule has 1 aliphatic heterocycles. The zero-order valence-corrected chi connectivity index (χ0v) is 9.59. The zero-order valence-electron chi connectivity index (χ0n) is 9.59. The molecule has 2 rings (SSSR count). The monoisotopic (exact) mass is 226 g/mol. The number of hydrogen-bond acceptors (Lipinski definition) is 1. The predicted molar refractivity (Wildman–Crippen MR) is 58.2 cm³/mol. The molecule has 0 spiro atoms. The van der Waals surface area contributed by atoms with Gasteiger partial charge in [0, 0.05) is 12.2 Å². The van der Waals surface area contributed by atoms with E-state index in [-0.39, 0.29) is 6.10 Å². The van der Waals surface area contributed by atoms with Gasteiger partial charge in [-0.2, -0.15) is 0 Å². The lowest BCUT2D eigenvalue weighted by atomic mass is 9.95. The first-order valence-corrected chi connectivity index (χ1v) is 5.65. The lowest BCUT2D eigenvalue weighted by Crippen LogP contribution is -2.19. The summed E-state index contributed by atoms with van der Waals surface area (Å²) >= 11 is 0. The van der Waals surface area contributed by atoms with Crippen molar-refractivity contribution in [2.24, 2.45) is 5.92 Å². The van der Waals surface area contributed by atoms with Crippen molar-refractivity contribution in [2.75, 3.05) is 6.61 Å². The van der Waals surface area contributed by atoms with Crippen molar-refractivity contribution in [3.8, 4) is 0 Å². The van der Waals surface area contributed by atoms with Crippen LogP contribution in [-0.4, -0.2) is 6.61 Å². The number of halogens is 2. The molecule has 2 atom stereocenters. The van der Waals surface area contributed by atoms with Gasteiger partial charge >= 0.3 is 0 Å². The molecule has 1 nitrogen and oxygen atoms in total. The number of ether oxygens (including phenoxy) is 1. The lowest BCUT2D eigenvalue weighted by molar-refractivity contribution is -0.0144. The first-order valence-electron chi connectivity index (χ1n) is 5.65. The fourth-order valence-electron chi connectivity index (χ4n) is 2.04. The third-order valence-corrected chi connectivity index (χ3v) is 3.16. The van der Waals surface area contributed by atoms with Crippen molar-refractivity contribution >= 4 is 0 Å². The van der Waals surface area contributed by atoms with Gasteiger partial charge in [0.25, 0.3) is 0 Å². The van der Waals surface area contributed by atoms with Gasteiger partial charge in [-0.05, 0) is 31.2 Å². The summed E-state index contributed by atoms with van der Waals surface area (Å²) in [5.74, 6) is -0.992. The molecule has 1 aromatic rings. The maximum atomic E-state index is 13.7. The van der Waals surface area contributed by atoms with Crippen LogP contribution in [0.25, 0.3) is 0 Å². The van der Waals surface area contributed by atoms with Gasteiger partial charge in [0.15, 0.2) is 11.6 Å². The van der Waals surface area contributed by atoms with Crippen LogP contribution in [0.2, 0.25) is 0 Å². The zero-order chi connectivity index (χ0) is 11.7. The smallest absolute Gasteiger partial charge is 0.164 e. The summed E-state index contributed by atoms with van der Waals surface area (Å²) in [4.78, 5) is 0. The van der Waals surface area contributed by atoms with Crippen molar-refractivity contribution in [3.05, 3.63) is 34.9 Å². The molecule has 16 heavy (non-hydrogen) atoms. The molecule has 2 unspecified atom stereocenters. The molecule has 1 saturated heterocycles. The molecule has 0 radical (unpaired) electrons. The highest BCUT2D eigenvalue weighted by molar-refractivity contribution is 5.27. The largest absolute Gasteiger partial charge is 0.373 e. The average molecular weight is 226 g/mol. The molecule has 88 valence electrons. The van der Waals surface area contributed by atoms with E-state index in [1.807, 2.05) is 0 Å². The fraction of sp³-hybridized carbons (Fsp3) is 0.538. The topological polar surface area (TPSA) is 9.23 Å². The Morgan fingerprint density at radius 2 is 1.94 bits per heavy atom. The SMILES string of the molecule is Cc1ccc(C2CCC(C)CO2)c(F)c1F. The summed E-state index contributed by atoms with van der Waals surface area (Å²) in [6.45, 7) is 4.29. The molecule has 0 amide bonds. The predicted octanol–water partition coefficient (Wildman–Crippen LogP) is 3.76. The molecule has 1 heterocycles. The third kappa shape index (κ3) is 2.09. The first kappa shape index (κ1) is 11.5. The second-order valence-electron chi connectivity index (χ2n) is 4.60. The molecule has 0 N–H and O–H groups in total. The molecule has 1 fully saturated rings. The van der Waals surface area contributed by atoms with Gasteiger partial charge in [-0.1, -0.05) is 19.1 Å². The van der Waals surface area contributed by atoms with Gasteiger partial charge in [0.2, 0.25) is 0 Å². The summed E-state index contributed by atoms with van der Waals surface area (Å²) in [5, 5.41) is 0. The van der Waals surface area contributed by atoms with Crippen LogP contribution in [0, 0.1) is 24.5 Å². The Balaban J connectivity index is 2.24. The summed E-state index contributed by atoms with van der Waals surface area (Å²) in [5.41, 5.74) is 0.695. The highest BCUT2D eigenvalue weighted by atomic mass is 19.2. The van der Waals surface area contributed by atoms with Crippen LogP contribution in [0.5, 0.6) is 0 Å². The normalized spacial score (nSPS) is 25.8. The summed E-state index contributed by atoms with van der Waals surface area (Å²) in [6, 6.07) is 3.24. The van der Waals surface area contributed by atoms with E-state index >= 15 is 0 Å². The summed E-state index contributed by atoms with van der Waals surface area (Å²) < 4.78 is 32.6. The summed E-state index contributed by atoms with van der Waals surface area (Å²) in [7, 11) is 0. The van der Waals surface area contributed by atoms with E-state index in [1.165, 1.54) is 0 Å². The minimum Gasteiger partial charge on any atom is -0.373 e. The van der Waals surface area contributed by atoms with Crippen LogP contribution >= 0.6 is 0 Å². The average Bonchev–Trinajstić information content (AvgIpc) is 2.28. The van der Waals surface area contributed by atoms with Crippen LogP contribution < -0.4 is 0 Å². The van der Waals surface area contributed by atoms with Crippen molar-refractivity contribution in [2.45, 2.75) is 32.8 Å². The van der Waals surface area contributed by atoms with Gasteiger partial charge in [-0.15, -0.1) is 0 Å². The van der Waals surface area contributed by atoms with Gasteiger partial charge in [0.05, 0.1) is 6.10 Å². The minimum atomic E-state index is -0.750. The van der Waals surface area contributed by atoms with Crippen LogP contribution in [-0.2, 0) is 4.74 Å². The highest BCUT2D eigenvalue weighted by Gasteiger charge is 2.24. The third-order valence-electron chi connectivity index (χ3n) is 3.16. The Labute approximate surface area is 94.4 Å². The molecule has 1 aliphatic rings. The molecule has 0 aliphatic carbocycles. The van der Waals surface area contributed by atoms with Gasteiger partial charge in [-0.3, -0.25) is 0 Å². The molecular formula is C13H16F2O. The van der Waals surface area contributed by atoms with Crippen LogP contribution in [0.15, 0.2) is 12.1 Å². The highest BCUT2D eigenvalue weighted by Crippen LogP contribution is 2.32. The molecule has 0 aromatic heterocycles. The summed E-state index contributed by atoms with van der Waals surface area (Å²) in [6.07, 6.45) is 1.48. The van der Waals surface area contributed by atoms with E-state index in [9.17, 15) is 8.78 Å². The molecule has 1 aromatic carbocycles. The maximum Gasteiger partial charge on any atom is 0.164 e. The van der Waals surface area contributed by atoms with Gasteiger partial charge in [-0.25, -0.2) is 8.78 Å². The molecule has 0 saturated carbocycles. The Hall–Kier alpha value is -0.960. The maximum absolute atomic E-state index is 13.7. The van der Waals surface area contributed by atoms with E-state index in [4.69, 9.17) is 4.74 Å². The number of benzene rings is 1. The van der Waals surface area contributed by atoms with Crippen LogP contribution in [0.3, 0.4) is 0 Å². The standard InChI is InChI=1S/C13H16F2O/c1-8-3-6-11(16-7-8)10-5-4-9(2)12(14)13(10)15/h4-5,8,11H,3,6-7H2,1-2H3. The van der Waals surface area contributed by atoms with E-state index in [2.05, 4.69) is 6.92 Å².